The summed E-state index contributed by atoms with van der Waals surface area (Å²) >= 11 is 5.95. The Kier molecular flexibility index (Phi) is 3.95. The minimum atomic E-state index is 0.00257. The lowest BCUT2D eigenvalue weighted by Crippen LogP contribution is -2.31. The summed E-state index contributed by atoms with van der Waals surface area (Å²) in [4.78, 5) is 17.1. The van der Waals surface area contributed by atoms with Gasteiger partial charge >= 0.3 is 0 Å². The first-order chi connectivity index (χ1) is 8.98. The second kappa shape index (κ2) is 5.33. The summed E-state index contributed by atoms with van der Waals surface area (Å²) in [5.41, 5.74) is 0.769. The normalized spacial score (nSPS) is 12.0. The van der Waals surface area contributed by atoms with Crippen molar-refractivity contribution in [1.82, 2.24) is 9.55 Å². The molecule has 0 N–H and O–H groups in total. The number of fused-ring (bicyclic) bond motifs is 1. The van der Waals surface area contributed by atoms with Crippen LogP contribution < -0.4 is 5.56 Å². The van der Waals surface area contributed by atoms with E-state index in [1.165, 1.54) is 0 Å². The van der Waals surface area contributed by atoms with Gasteiger partial charge in [0.2, 0.25) is 0 Å². The van der Waals surface area contributed by atoms with Crippen LogP contribution in [0.2, 0.25) is 0 Å². The third kappa shape index (κ3) is 2.81. The van der Waals surface area contributed by atoms with Crippen LogP contribution in [0.15, 0.2) is 29.1 Å². The van der Waals surface area contributed by atoms with Crippen LogP contribution in [-0.2, 0) is 12.4 Å². The first-order valence-corrected chi connectivity index (χ1v) is 7.06. The van der Waals surface area contributed by atoms with E-state index in [1.54, 1.807) is 4.57 Å². The molecule has 1 aromatic heterocycles. The van der Waals surface area contributed by atoms with Crippen LogP contribution in [0, 0.1) is 5.41 Å². The van der Waals surface area contributed by atoms with Crippen molar-refractivity contribution in [1.29, 1.82) is 0 Å². The molecule has 0 saturated carbocycles. The van der Waals surface area contributed by atoms with Crippen LogP contribution in [0.5, 0.6) is 0 Å². The molecule has 0 radical (unpaired) electrons. The largest absolute Gasteiger partial charge is 0.295 e. The van der Waals surface area contributed by atoms with Crippen LogP contribution in [0.1, 0.15) is 33.0 Å². The van der Waals surface area contributed by atoms with Gasteiger partial charge in [-0.15, -0.1) is 11.6 Å². The van der Waals surface area contributed by atoms with Gasteiger partial charge in [0.05, 0.1) is 16.8 Å². The molecular weight excluding hydrogens is 260 g/mol. The molecule has 1 aromatic carbocycles. The number of hydrogen-bond donors (Lipinski definition) is 0. The van der Waals surface area contributed by atoms with E-state index in [9.17, 15) is 4.79 Å². The average Bonchev–Trinajstić information content (AvgIpc) is 2.41. The quantitative estimate of drug-likeness (QED) is 0.802. The molecule has 2 aromatic rings. The Morgan fingerprint density at radius 1 is 1.32 bits per heavy atom. The molecule has 0 aliphatic carbocycles. The number of rotatable bonds is 4. The van der Waals surface area contributed by atoms with Gasteiger partial charge in [-0.2, -0.15) is 0 Å². The van der Waals surface area contributed by atoms with E-state index in [2.05, 4.69) is 25.8 Å². The standard InChI is InChI=1S/C15H19ClN2O/c1-4-15(2,3)10-18-13(9-16)17-12-8-6-5-7-11(12)14(18)19/h5-8H,4,9-10H2,1-3H3. The molecular formula is C15H19ClN2O. The second-order valence-corrected chi connectivity index (χ2v) is 5.86. The summed E-state index contributed by atoms with van der Waals surface area (Å²) in [6.07, 6.45) is 0.994. The van der Waals surface area contributed by atoms with Gasteiger partial charge in [-0.25, -0.2) is 4.98 Å². The highest BCUT2D eigenvalue weighted by atomic mass is 35.5. The Morgan fingerprint density at radius 2 is 2.00 bits per heavy atom. The Balaban J connectivity index is 2.65. The zero-order valence-electron chi connectivity index (χ0n) is 11.6. The first kappa shape index (κ1) is 14.1. The molecule has 1 heterocycles. The molecule has 0 saturated heterocycles. The Hall–Kier alpha value is -1.35. The van der Waals surface area contributed by atoms with Crippen LogP contribution in [-0.4, -0.2) is 9.55 Å². The SMILES string of the molecule is CCC(C)(C)Cn1c(CCl)nc2ccccc2c1=O. The summed E-state index contributed by atoms with van der Waals surface area (Å²) in [5, 5.41) is 0.656. The van der Waals surface area contributed by atoms with Crippen LogP contribution in [0.3, 0.4) is 0 Å². The summed E-state index contributed by atoms with van der Waals surface area (Å²) in [7, 11) is 0. The van der Waals surface area contributed by atoms with Crippen molar-refractivity contribution in [3.63, 3.8) is 0 Å². The Morgan fingerprint density at radius 3 is 2.63 bits per heavy atom. The number of hydrogen-bond acceptors (Lipinski definition) is 2. The zero-order chi connectivity index (χ0) is 14.0. The first-order valence-electron chi connectivity index (χ1n) is 6.53. The Labute approximate surface area is 118 Å². The monoisotopic (exact) mass is 278 g/mol. The smallest absolute Gasteiger partial charge is 0.261 e. The number of nitrogens with zero attached hydrogens (tertiary/aromatic N) is 2. The summed E-state index contributed by atoms with van der Waals surface area (Å²) < 4.78 is 1.72. The predicted octanol–water partition coefficient (Wildman–Crippen LogP) is 3.57. The van der Waals surface area contributed by atoms with Gasteiger partial charge in [0.15, 0.2) is 0 Å². The number of para-hydroxylation sites is 1. The third-order valence-electron chi connectivity index (χ3n) is 3.60. The molecule has 0 atom stereocenters. The number of alkyl halides is 1. The summed E-state index contributed by atoms with van der Waals surface area (Å²) in [6, 6.07) is 7.41. The van der Waals surface area contributed by atoms with Gasteiger partial charge in [0.25, 0.3) is 5.56 Å². The lowest BCUT2D eigenvalue weighted by atomic mass is 9.90. The maximum atomic E-state index is 12.6. The molecule has 0 fully saturated rings. The topological polar surface area (TPSA) is 34.9 Å². The zero-order valence-corrected chi connectivity index (χ0v) is 12.4. The summed E-state index contributed by atoms with van der Waals surface area (Å²) in [6.45, 7) is 7.06. The van der Waals surface area contributed by atoms with Gasteiger partial charge < -0.3 is 0 Å². The van der Waals surface area contributed by atoms with Crippen molar-refractivity contribution in [3.05, 3.63) is 40.4 Å². The maximum Gasteiger partial charge on any atom is 0.261 e. The van der Waals surface area contributed by atoms with Gasteiger partial charge in [-0.05, 0) is 24.0 Å². The highest BCUT2D eigenvalue weighted by Gasteiger charge is 2.19. The molecule has 0 unspecified atom stereocenters. The third-order valence-corrected chi connectivity index (χ3v) is 3.84. The van der Waals surface area contributed by atoms with Crippen molar-refractivity contribution in [2.45, 2.75) is 39.6 Å². The fourth-order valence-electron chi connectivity index (χ4n) is 2.02. The Bertz CT molecular complexity index is 646. The van der Waals surface area contributed by atoms with E-state index in [1.807, 2.05) is 24.3 Å². The van der Waals surface area contributed by atoms with E-state index < -0.39 is 0 Å². The molecule has 0 aliphatic heterocycles. The highest BCUT2D eigenvalue weighted by molar-refractivity contribution is 6.16. The summed E-state index contributed by atoms with van der Waals surface area (Å²) in [5.74, 6) is 0.895. The van der Waals surface area contributed by atoms with E-state index in [-0.39, 0.29) is 16.9 Å². The van der Waals surface area contributed by atoms with E-state index in [0.717, 1.165) is 6.42 Å². The minimum absolute atomic E-state index is 0.00257. The molecule has 0 amide bonds. The van der Waals surface area contributed by atoms with Gasteiger partial charge in [0, 0.05) is 6.54 Å². The molecule has 0 bridgehead atoms. The van der Waals surface area contributed by atoms with Crippen molar-refractivity contribution in [2.75, 3.05) is 0 Å². The molecule has 19 heavy (non-hydrogen) atoms. The second-order valence-electron chi connectivity index (χ2n) is 5.59. The fourth-order valence-corrected chi connectivity index (χ4v) is 2.22. The van der Waals surface area contributed by atoms with Crippen LogP contribution in [0.25, 0.3) is 10.9 Å². The van der Waals surface area contributed by atoms with Crippen LogP contribution >= 0.6 is 11.6 Å². The van der Waals surface area contributed by atoms with Crippen molar-refractivity contribution in [3.8, 4) is 0 Å². The lowest BCUT2D eigenvalue weighted by Gasteiger charge is -2.25. The number of halogens is 1. The van der Waals surface area contributed by atoms with Crippen LogP contribution in [0.4, 0.5) is 0 Å². The van der Waals surface area contributed by atoms with E-state index in [4.69, 9.17) is 11.6 Å². The molecule has 2 rings (SSSR count). The van der Waals surface area contributed by atoms with Crippen molar-refractivity contribution >= 4 is 22.5 Å². The minimum Gasteiger partial charge on any atom is -0.295 e. The predicted molar refractivity (Wildman–Crippen MR) is 79.6 cm³/mol. The van der Waals surface area contributed by atoms with Gasteiger partial charge in [-0.1, -0.05) is 32.9 Å². The van der Waals surface area contributed by atoms with Crippen molar-refractivity contribution < 1.29 is 0 Å². The average molecular weight is 279 g/mol. The van der Waals surface area contributed by atoms with Gasteiger partial charge in [-0.3, -0.25) is 9.36 Å². The molecule has 3 nitrogen and oxygen atoms in total. The van der Waals surface area contributed by atoms with Crippen molar-refractivity contribution in [2.24, 2.45) is 5.41 Å². The number of benzene rings is 1. The molecule has 0 aliphatic rings. The lowest BCUT2D eigenvalue weighted by molar-refractivity contribution is 0.286. The molecule has 0 spiro atoms. The molecule has 102 valence electrons. The van der Waals surface area contributed by atoms with Gasteiger partial charge in [0.1, 0.15) is 5.82 Å². The highest BCUT2D eigenvalue weighted by Crippen LogP contribution is 2.23. The van der Waals surface area contributed by atoms with E-state index in [0.29, 0.717) is 23.3 Å². The molecule has 4 heteroatoms. The fraction of sp³-hybridized carbons (Fsp3) is 0.467. The number of aromatic nitrogens is 2. The maximum absolute atomic E-state index is 12.6. The van der Waals surface area contributed by atoms with E-state index >= 15 is 0 Å².